The van der Waals surface area contributed by atoms with Gasteiger partial charge in [0.2, 0.25) is 0 Å². The summed E-state index contributed by atoms with van der Waals surface area (Å²) < 4.78 is -1.43. The van der Waals surface area contributed by atoms with E-state index in [-0.39, 0.29) is 5.91 Å². The molecular weight excluding hydrogens is 305 g/mol. The smallest absolute Gasteiger partial charge is 0.259 e. The second-order valence-electron chi connectivity index (χ2n) is 5.04. The Hall–Kier alpha value is -1.51. The molecule has 0 aromatic heterocycles. The van der Waals surface area contributed by atoms with Crippen molar-refractivity contribution in [1.82, 2.24) is 4.90 Å². The van der Waals surface area contributed by atoms with Crippen LogP contribution in [0.25, 0.3) is 10.8 Å². The number of fused-ring (bicyclic) bond motifs is 1. The maximum atomic E-state index is 12.2. The van der Waals surface area contributed by atoms with E-state index in [1.807, 2.05) is 30.3 Å². The van der Waals surface area contributed by atoms with E-state index in [0.29, 0.717) is 13.1 Å². The molecule has 0 fully saturated rings. The predicted octanol–water partition coefficient (Wildman–Crippen LogP) is 4.55. The van der Waals surface area contributed by atoms with E-state index in [4.69, 9.17) is 23.2 Å². The van der Waals surface area contributed by atoms with E-state index in [2.05, 4.69) is 18.7 Å². The average Bonchev–Trinajstić information content (AvgIpc) is 2.45. The lowest BCUT2D eigenvalue weighted by molar-refractivity contribution is -0.131. The molecule has 2 rings (SSSR count). The summed E-state index contributed by atoms with van der Waals surface area (Å²) in [5.41, 5.74) is 1.03. The molecule has 2 aromatic rings. The van der Waals surface area contributed by atoms with Gasteiger partial charge in [-0.25, -0.2) is 0 Å². The molecule has 0 unspecified atom stereocenters. The average molecular weight is 322 g/mol. The van der Waals surface area contributed by atoms with Crippen molar-refractivity contribution in [1.29, 1.82) is 0 Å². The lowest BCUT2D eigenvalue weighted by atomic mass is 10.1. The normalized spacial score (nSPS) is 11.4. The molecule has 0 aliphatic carbocycles. The Balaban J connectivity index is 2.26. The van der Waals surface area contributed by atoms with Gasteiger partial charge in [-0.05, 0) is 29.3 Å². The van der Waals surface area contributed by atoms with Crippen LogP contribution in [0.5, 0.6) is 0 Å². The van der Waals surface area contributed by atoms with E-state index >= 15 is 0 Å². The molecule has 110 valence electrons. The van der Waals surface area contributed by atoms with Crippen LogP contribution >= 0.6 is 23.2 Å². The summed E-state index contributed by atoms with van der Waals surface area (Å²) in [5, 5.41) is 2.31. The molecule has 0 aliphatic heterocycles. The van der Waals surface area contributed by atoms with Gasteiger partial charge in [-0.2, -0.15) is 0 Å². The minimum atomic E-state index is -1.43. The summed E-state index contributed by atoms with van der Waals surface area (Å²) in [5.74, 6) is -0.320. The Labute approximate surface area is 135 Å². The van der Waals surface area contributed by atoms with Gasteiger partial charge in [-0.3, -0.25) is 4.79 Å². The number of alkyl halides is 2. The summed E-state index contributed by atoms with van der Waals surface area (Å²) in [6.45, 7) is 6.01. The SMILES string of the molecule is C=CCN(Cc1ccc2ccccc2c1)C(=O)C(C)(Cl)Cl. The number of carbonyl (C=O) groups is 1. The van der Waals surface area contributed by atoms with Crippen molar-refractivity contribution >= 4 is 39.9 Å². The second kappa shape index (κ2) is 6.50. The third-order valence-corrected chi connectivity index (χ3v) is 3.52. The first-order valence-corrected chi connectivity index (χ1v) is 7.43. The molecule has 0 spiro atoms. The van der Waals surface area contributed by atoms with Gasteiger partial charge in [-0.1, -0.05) is 65.7 Å². The predicted molar refractivity (Wildman–Crippen MR) is 89.7 cm³/mol. The molecule has 0 heterocycles. The molecule has 4 heteroatoms. The zero-order chi connectivity index (χ0) is 15.5. The fraction of sp³-hybridized carbons (Fsp3) is 0.235. The molecule has 1 amide bonds. The molecule has 0 saturated carbocycles. The van der Waals surface area contributed by atoms with E-state index in [1.54, 1.807) is 11.0 Å². The fourth-order valence-corrected chi connectivity index (χ4v) is 2.45. The number of nitrogens with zero attached hydrogens (tertiary/aromatic N) is 1. The van der Waals surface area contributed by atoms with Gasteiger partial charge >= 0.3 is 0 Å². The van der Waals surface area contributed by atoms with Crippen molar-refractivity contribution in [3.8, 4) is 0 Å². The van der Waals surface area contributed by atoms with E-state index < -0.39 is 4.33 Å². The first kappa shape index (κ1) is 15.9. The number of rotatable bonds is 5. The Morgan fingerprint density at radius 2 is 1.90 bits per heavy atom. The number of hydrogen-bond donors (Lipinski definition) is 0. The highest BCUT2D eigenvalue weighted by Gasteiger charge is 2.31. The lowest BCUT2D eigenvalue weighted by Gasteiger charge is -2.26. The Morgan fingerprint density at radius 1 is 1.24 bits per heavy atom. The van der Waals surface area contributed by atoms with Crippen LogP contribution in [0.1, 0.15) is 12.5 Å². The quantitative estimate of drug-likeness (QED) is 0.584. The van der Waals surface area contributed by atoms with Gasteiger partial charge < -0.3 is 4.90 Å². The molecule has 0 atom stereocenters. The highest BCUT2D eigenvalue weighted by molar-refractivity contribution is 6.57. The number of halogens is 2. The van der Waals surface area contributed by atoms with Crippen LogP contribution in [0.4, 0.5) is 0 Å². The largest absolute Gasteiger partial charge is 0.332 e. The number of carbonyl (C=O) groups excluding carboxylic acids is 1. The van der Waals surface area contributed by atoms with E-state index in [9.17, 15) is 4.79 Å². The standard InChI is InChI=1S/C17H17Cl2NO/c1-3-10-20(16(21)17(2,18)19)12-13-8-9-14-6-4-5-7-15(14)11-13/h3-9,11H,1,10,12H2,2H3. The highest BCUT2D eigenvalue weighted by atomic mass is 35.5. The van der Waals surface area contributed by atoms with Crippen molar-refractivity contribution in [2.75, 3.05) is 6.54 Å². The van der Waals surface area contributed by atoms with Crippen LogP contribution in [-0.4, -0.2) is 21.7 Å². The zero-order valence-corrected chi connectivity index (χ0v) is 13.4. The van der Waals surface area contributed by atoms with Crippen LogP contribution < -0.4 is 0 Å². The van der Waals surface area contributed by atoms with Gasteiger partial charge in [0.1, 0.15) is 0 Å². The van der Waals surface area contributed by atoms with Gasteiger partial charge in [0.05, 0.1) is 0 Å². The molecule has 0 aliphatic rings. The van der Waals surface area contributed by atoms with Crippen molar-refractivity contribution in [2.45, 2.75) is 17.8 Å². The minimum Gasteiger partial charge on any atom is -0.332 e. The number of hydrogen-bond acceptors (Lipinski definition) is 1. The zero-order valence-electron chi connectivity index (χ0n) is 11.9. The maximum Gasteiger partial charge on any atom is 0.259 e. The molecule has 0 N–H and O–H groups in total. The third kappa shape index (κ3) is 3.99. The molecular formula is C17H17Cl2NO. The molecule has 0 bridgehead atoms. The summed E-state index contributed by atoms with van der Waals surface area (Å²) in [6, 6.07) is 14.2. The molecule has 0 radical (unpaired) electrons. The van der Waals surface area contributed by atoms with E-state index in [0.717, 1.165) is 10.9 Å². The van der Waals surface area contributed by atoms with E-state index in [1.165, 1.54) is 12.3 Å². The number of benzene rings is 2. The Bertz CT molecular complexity index is 661. The van der Waals surface area contributed by atoms with Crippen LogP contribution in [0.15, 0.2) is 55.1 Å². The van der Waals surface area contributed by atoms with Crippen molar-refractivity contribution < 1.29 is 4.79 Å². The van der Waals surface area contributed by atoms with Gasteiger partial charge in [0, 0.05) is 13.1 Å². The number of amides is 1. The fourth-order valence-electron chi connectivity index (χ4n) is 2.21. The topological polar surface area (TPSA) is 20.3 Å². The summed E-state index contributed by atoms with van der Waals surface area (Å²) in [6.07, 6.45) is 1.67. The first-order chi connectivity index (χ1) is 9.91. The van der Waals surface area contributed by atoms with Crippen LogP contribution in [0.2, 0.25) is 0 Å². The molecule has 2 aromatic carbocycles. The summed E-state index contributed by atoms with van der Waals surface area (Å²) >= 11 is 11.8. The van der Waals surface area contributed by atoms with Gasteiger partial charge in [0.15, 0.2) is 4.33 Å². The molecule has 0 saturated heterocycles. The van der Waals surface area contributed by atoms with Crippen molar-refractivity contribution in [3.05, 3.63) is 60.7 Å². The molecule has 2 nitrogen and oxygen atoms in total. The van der Waals surface area contributed by atoms with Crippen LogP contribution in [-0.2, 0) is 11.3 Å². The maximum absolute atomic E-state index is 12.2. The molecule has 21 heavy (non-hydrogen) atoms. The summed E-state index contributed by atoms with van der Waals surface area (Å²) in [7, 11) is 0. The van der Waals surface area contributed by atoms with Gasteiger partial charge in [-0.15, -0.1) is 6.58 Å². The Kier molecular flexibility index (Phi) is 4.92. The van der Waals surface area contributed by atoms with Crippen LogP contribution in [0, 0.1) is 0 Å². The third-order valence-electron chi connectivity index (χ3n) is 3.20. The van der Waals surface area contributed by atoms with Gasteiger partial charge in [0.25, 0.3) is 5.91 Å². The van der Waals surface area contributed by atoms with Crippen molar-refractivity contribution in [2.24, 2.45) is 0 Å². The van der Waals surface area contributed by atoms with Crippen LogP contribution in [0.3, 0.4) is 0 Å². The first-order valence-electron chi connectivity index (χ1n) is 6.67. The highest BCUT2D eigenvalue weighted by Crippen LogP contribution is 2.24. The minimum absolute atomic E-state index is 0.320. The van der Waals surface area contributed by atoms with Crippen molar-refractivity contribution in [3.63, 3.8) is 0 Å². The summed E-state index contributed by atoms with van der Waals surface area (Å²) in [4.78, 5) is 13.8. The second-order valence-corrected chi connectivity index (χ2v) is 6.75. The monoisotopic (exact) mass is 321 g/mol. The lowest BCUT2D eigenvalue weighted by Crippen LogP contribution is -2.40. The Morgan fingerprint density at radius 3 is 2.52 bits per heavy atom.